The highest BCUT2D eigenvalue weighted by molar-refractivity contribution is 5.58. The molecule has 1 aliphatic heterocycles. The summed E-state index contributed by atoms with van der Waals surface area (Å²) in [6.07, 6.45) is 8.25. The molecular weight excluding hydrogens is 236 g/mol. The minimum absolute atomic E-state index is 0.293. The number of ether oxygens (including phenoxy) is 1. The molecule has 98 valence electrons. The number of aromatic hydroxyl groups is 1. The standard InChI is InChI=1S/C17H18O2/c1-16(2)11-13-15(19-16)9-6-10-17(13,3)12-7-4-5-8-14(12)18/h4-11,18H,1-3H3. The maximum atomic E-state index is 10.2. The first-order valence-electron chi connectivity index (χ1n) is 6.53. The molecule has 1 N–H and O–H groups in total. The smallest absolute Gasteiger partial charge is 0.124 e. The second-order valence-electron chi connectivity index (χ2n) is 5.87. The van der Waals surface area contributed by atoms with Crippen molar-refractivity contribution in [2.45, 2.75) is 31.8 Å². The lowest BCUT2D eigenvalue weighted by Crippen LogP contribution is -2.24. The third-order valence-electron chi connectivity index (χ3n) is 3.83. The van der Waals surface area contributed by atoms with E-state index in [0.29, 0.717) is 5.75 Å². The zero-order chi connectivity index (χ0) is 13.7. The van der Waals surface area contributed by atoms with Crippen LogP contribution in [0.4, 0.5) is 0 Å². The molecule has 2 heteroatoms. The molecule has 1 aromatic rings. The van der Waals surface area contributed by atoms with Gasteiger partial charge in [-0.25, -0.2) is 0 Å². The lowest BCUT2D eigenvalue weighted by atomic mass is 9.72. The van der Waals surface area contributed by atoms with Crippen molar-refractivity contribution >= 4 is 0 Å². The number of phenolic OH excluding ortho intramolecular Hbond substituents is 1. The SMILES string of the molecule is CC1(C)C=C2C(=CC=CC2(C)c2ccccc2O)O1. The van der Waals surface area contributed by atoms with E-state index in [2.05, 4.69) is 19.1 Å². The van der Waals surface area contributed by atoms with Crippen molar-refractivity contribution in [1.29, 1.82) is 0 Å². The van der Waals surface area contributed by atoms with Gasteiger partial charge in [0.05, 0.1) is 0 Å². The Balaban J connectivity index is 2.18. The molecule has 19 heavy (non-hydrogen) atoms. The van der Waals surface area contributed by atoms with Crippen LogP contribution >= 0.6 is 0 Å². The summed E-state index contributed by atoms with van der Waals surface area (Å²) in [5, 5.41) is 10.2. The molecule has 0 saturated carbocycles. The highest BCUT2D eigenvalue weighted by atomic mass is 16.5. The maximum absolute atomic E-state index is 10.2. The summed E-state index contributed by atoms with van der Waals surface area (Å²) in [6.45, 7) is 6.21. The quantitative estimate of drug-likeness (QED) is 0.825. The summed E-state index contributed by atoms with van der Waals surface area (Å²) in [5.74, 6) is 1.22. The molecule has 2 nitrogen and oxygen atoms in total. The van der Waals surface area contributed by atoms with Gasteiger partial charge in [-0.3, -0.25) is 0 Å². The second-order valence-corrected chi connectivity index (χ2v) is 5.87. The van der Waals surface area contributed by atoms with Crippen molar-refractivity contribution < 1.29 is 9.84 Å². The fourth-order valence-electron chi connectivity index (χ4n) is 2.88. The number of para-hydroxylation sites is 1. The average Bonchev–Trinajstić information content (AvgIpc) is 2.66. The number of phenols is 1. The van der Waals surface area contributed by atoms with Gasteiger partial charge in [-0.05, 0) is 39.0 Å². The second kappa shape index (κ2) is 3.77. The Bertz CT molecular complexity index is 620. The van der Waals surface area contributed by atoms with Gasteiger partial charge < -0.3 is 9.84 Å². The Kier molecular flexibility index (Phi) is 2.40. The van der Waals surface area contributed by atoms with E-state index in [1.54, 1.807) is 6.07 Å². The number of hydrogen-bond donors (Lipinski definition) is 1. The summed E-state index contributed by atoms with van der Waals surface area (Å²) in [6, 6.07) is 7.49. The Morgan fingerprint density at radius 2 is 1.84 bits per heavy atom. The maximum Gasteiger partial charge on any atom is 0.124 e. The van der Waals surface area contributed by atoms with E-state index in [-0.39, 0.29) is 11.0 Å². The number of rotatable bonds is 1. The largest absolute Gasteiger partial charge is 0.508 e. The van der Waals surface area contributed by atoms with E-state index in [1.807, 2.05) is 44.2 Å². The minimum Gasteiger partial charge on any atom is -0.508 e. The van der Waals surface area contributed by atoms with Crippen molar-refractivity contribution in [2.75, 3.05) is 0 Å². The zero-order valence-corrected chi connectivity index (χ0v) is 11.5. The van der Waals surface area contributed by atoms with Gasteiger partial charge in [0.15, 0.2) is 0 Å². The van der Waals surface area contributed by atoms with Gasteiger partial charge in [0.1, 0.15) is 17.1 Å². The Labute approximate surface area is 113 Å². The molecule has 0 bridgehead atoms. The molecule has 0 spiro atoms. The lowest BCUT2D eigenvalue weighted by molar-refractivity contribution is 0.101. The van der Waals surface area contributed by atoms with E-state index >= 15 is 0 Å². The number of hydrogen-bond acceptors (Lipinski definition) is 2. The number of benzene rings is 1. The summed E-state index contributed by atoms with van der Waals surface area (Å²) in [7, 11) is 0. The normalized spacial score (nSPS) is 27.3. The predicted octanol–water partition coefficient (Wildman–Crippen LogP) is 3.84. The number of fused-ring (bicyclic) bond motifs is 1. The Hall–Kier alpha value is -1.96. The fraction of sp³-hybridized carbons (Fsp3) is 0.294. The van der Waals surface area contributed by atoms with Gasteiger partial charge in [0, 0.05) is 16.6 Å². The number of allylic oxidation sites excluding steroid dienone is 4. The zero-order valence-electron chi connectivity index (χ0n) is 11.5. The molecule has 1 unspecified atom stereocenters. The third kappa shape index (κ3) is 1.79. The molecule has 1 aliphatic carbocycles. The van der Waals surface area contributed by atoms with Crippen LogP contribution < -0.4 is 0 Å². The molecule has 1 aromatic carbocycles. The van der Waals surface area contributed by atoms with Crippen molar-refractivity contribution in [1.82, 2.24) is 0 Å². The molecule has 0 radical (unpaired) electrons. The van der Waals surface area contributed by atoms with Crippen molar-refractivity contribution in [3.05, 3.63) is 65.5 Å². The van der Waals surface area contributed by atoms with Crippen molar-refractivity contribution in [2.24, 2.45) is 0 Å². The van der Waals surface area contributed by atoms with E-state index < -0.39 is 0 Å². The summed E-state index contributed by atoms with van der Waals surface area (Å²) < 4.78 is 5.95. The predicted molar refractivity (Wildman–Crippen MR) is 75.9 cm³/mol. The van der Waals surface area contributed by atoms with Crippen LogP contribution in [-0.4, -0.2) is 10.7 Å². The monoisotopic (exact) mass is 254 g/mol. The average molecular weight is 254 g/mol. The third-order valence-corrected chi connectivity index (χ3v) is 3.83. The highest BCUT2D eigenvalue weighted by Crippen LogP contribution is 2.48. The summed E-state index contributed by atoms with van der Waals surface area (Å²) >= 11 is 0. The van der Waals surface area contributed by atoms with E-state index in [4.69, 9.17) is 4.74 Å². The highest BCUT2D eigenvalue weighted by Gasteiger charge is 2.41. The fourth-order valence-corrected chi connectivity index (χ4v) is 2.88. The first kappa shape index (κ1) is 12.1. The lowest BCUT2D eigenvalue weighted by Gasteiger charge is -2.31. The molecule has 3 rings (SSSR count). The minimum atomic E-state index is -0.344. The molecule has 0 saturated heterocycles. The van der Waals surface area contributed by atoms with Crippen LogP contribution in [-0.2, 0) is 10.2 Å². The van der Waals surface area contributed by atoms with Crippen LogP contribution in [0.5, 0.6) is 5.75 Å². The van der Waals surface area contributed by atoms with Crippen LogP contribution in [0.15, 0.2) is 59.9 Å². The van der Waals surface area contributed by atoms with Gasteiger partial charge in [-0.1, -0.05) is 30.4 Å². The first-order valence-corrected chi connectivity index (χ1v) is 6.53. The van der Waals surface area contributed by atoms with Crippen molar-refractivity contribution in [3.63, 3.8) is 0 Å². The van der Waals surface area contributed by atoms with Gasteiger partial charge in [0.25, 0.3) is 0 Å². The Morgan fingerprint density at radius 3 is 2.58 bits per heavy atom. The Morgan fingerprint density at radius 1 is 1.11 bits per heavy atom. The molecule has 0 amide bonds. The molecule has 0 fully saturated rings. The molecule has 0 aromatic heterocycles. The first-order chi connectivity index (χ1) is 8.92. The van der Waals surface area contributed by atoms with Crippen LogP contribution in [0.3, 0.4) is 0 Å². The molecule has 1 heterocycles. The van der Waals surface area contributed by atoms with E-state index in [9.17, 15) is 5.11 Å². The van der Waals surface area contributed by atoms with E-state index in [0.717, 1.165) is 16.9 Å². The summed E-state index contributed by atoms with van der Waals surface area (Å²) in [4.78, 5) is 0. The van der Waals surface area contributed by atoms with Crippen LogP contribution in [0, 0.1) is 0 Å². The van der Waals surface area contributed by atoms with Gasteiger partial charge in [-0.15, -0.1) is 0 Å². The van der Waals surface area contributed by atoms with Gasteiger partial charge >= 0.3 is 0 Å². The van der Waals surface area contributed by atoms with Gasteiger partial charge in [-0.2, -0.15) is 0 Å². The van der Waals surface area contributed by atoms with Gasteiger partial charge in [0.2, 0.25) is 0 Å². The molecule has 2 aliphatic rings. The van der Waals surface area contributed by atoms with Crippen LogP contribution in [0.25, 0.3) is 0 Å². The topological polar surface area (TPSA) is 29.5 Å². The van der Waals surface area contributed by atoms with Crippen LogP contribution in [0.1, 0.15) is 26.3 Å². The van der Waals surface area contributed by atoms with E-state index in [1.165, 1.54) is 0 Å². The van der Waals surface area contributed by atoms with Crippen molar-refractivity contribution in [3.8, 4) is 5.75 Å². The summed E-state index contributed by atoms with van der Waals surface area (Å²) in [5.41, 5.74) is 1.40. The molecule has 1 atom stereocenters. The van der Waals surface area contributed by atoms with Crippen LogP contribution in [0.2, 0.25) is 0 Å². The molecular formula is C17H18O2.